The number of ether oxygens (including phenoxy) is 3. The van der Waals surface area contributed by atoms with Gasteiger partial charge in [-0.1, -0.05) is 6.07 Å². The fourth-order valence-corrected chi connectivity index (χ4v) is 3.54. The van der Waals surface area contributed by atoms with Crippen molar-refractivity contribution >= 4 is 23.4 Å². The molecule has 2 aliphatic rings. The molecule has 0 N–H and O–H groups in total. The second-order valence-electron chi connectivity index (χ2n) is 6.82. The maximum atomic E-state index is 13.0. The molecule has 0 saturated carbocycles. The van der Waals surface area contributed by atoms with Gasteiger partial charge in [0.15, 0.2) is 11.5 Å². The topological polar surface area (TPSA) is 85.4 Å². The minimum Gasteiger partial charge on any atom is -0.497 e. The zero-order valence-corrected chi connectivity index (χ0v) is 16.1. The van der Waals surface area contributed by atoms with Gasteiger partial charge in [0.1, 0.15) is 11.8 Å². The summed E-state index contributed by atoms with van der Waals surface area (Å²) in [6.45, 7) is 1.73. The van der Waals surface area contributed by atoms with Crippen LogP contribution in [0, 0.1) is 0 Å². The second kappa shape index (κ2) is 7.46. The molecule has 2 aliphatic heterocycles. The largest absolute Gasteiger partial charge is 0.497 e. The van der Waals surface area contributed by atoms with Gasteiger partial charge in [-0.05, 0) is 42.0 Å². The quantitative estimate of drug-likeness (QED) is 0.720. The predicted octanol–water partition coefficient (Wildman–Crippen LogP) is 2.10. The van der Waals surface area contributed by atoms with Crippen LogP contribution in [0.3, 0.4) is 0 Å². The van der Waals surface area contributed by atoms with Crippen molar-refractivity contribution in [2.45, 2.75) is 25.9 Å². The number of carbonyl (C=O) groups is 3. The number of fused-ring (bicyclic) bond motifs is 1. The smallest absolute Gasteiger partial charge is 0.257 e. The number of amides is 3. The van der Waals surface area contributed by atoms with Gasteiger partial charge in [0.25, 0.3) is 5.91 Å². The Kier molecular flexibility index (Phi) is 4.84. The number of hydrogen-bond acceptors (Lipinski definition) is 6. The standard InChI is InChI=1S/C21H20N2O6/c1-13(24)22(11-14-3-8-18-19(9-14)29-12-28-18)17-10-20(25)23(21(17)26)15-4-6-16(27-2)7-5-15/h3-9,17H,10-12H2,1-2H3/t17-/m0/s1. The van der Waals surface area contributed by atoms with Gasteiger partial charge in [-0.3, -0.25) is 14.4 Å². The molecule has 0 bridgehead atoms. The van der Waals surface area contributed by atoms with Crippen LogP contribution in [0.2, 0.25) is 0 Å². The molecule has 0 spiro atoms. The molecule has 0 aromatic heterocycles. The number of benzene rings is 2. The minimum atomic E-state index is -0.854. The van der Waals surface area contributed by atoms with Gasteiger partial charge in [0.2, 0.25) is 18.6 Å². The van der Waals surface area contributed by atoms with E-state index in [-0.39, 0.29) is 31.6 Å². The van der Waals surface area contributed by atoms with Gasteiger partial charge < -0.3 is 19.1 Å². The first kappa shape index (κ1) is 18.8. The molecule has 1 fully saturated rings. The van der Waals surface area contributed by atoms with Gasteiger partial charge in [-0.15, -0.1) is 0 Å². The third kappa shape index (κ3) is 3.49. The van der Waals surface area contributed by atoms with Gasteiger partial charge in [-0.25, -0.2) is 4.90 Å². The summed E-state index contributed by atoms with van der Waals surface area (Å²) in [7, 11) is 1.54. The van der Waals surface area contributed by atoms with Crippen molar-refractivity contribution in [3.05, 3.63) is 48.0 Å². The molecule has 1 saturated heterocycles. The summed E-state index contributed by atoms with van der Waals surface area (Å²) in [5, 5.41) is 0. The molecular formula is C21H20N2O6. The number of nitrogens with zero attached hydrogens (tertiary/aromatic N) is 2. The highest BCUT2D eigenvalue weighted by molar-refractivity contribution is 6.23. The highest BCUT2D eigenvalue weighted by atomic mass is 16.7. The van der Waals surface area contributed by atoms with Crippen molar-refractivity contribution in [2.75, 3.05) is 18.8 Å². The molecular weight excluding hydrogens is 376 g/mol. The van der Waals surface area contributed by atoms with E-state index in [1.807, 2.05) is 6.07 Å². The lowest BCUT2D eigenvalue weighted by atomic mass is 10.1. The van der Waals surface area contributed by atoms with E-state index in [0.29, 0.717) is 22.9 Å². The van der Waals surface area contributed by atoms with E-state index < -0.39 is 11.9 Å². The molecule has 2 aromatic rings. The van der Waals surface area contributed by atoms with E-state index in [1.54, 1.807) is 36.4 Å². The van der Waals surface area contributed by atoms with Crippen LogP contribution in [0.1, 0.15) is 18.9 Å². The Bertz CT molecular complexity index is 972. The Labute approximate surface area is 167 Å². The van der Waals surface area contributed by atoms with E-state index in [9.17, 15) is 14.4 Å². The Hall–Kier alpha value is -3.55. The molecule has 1 atom stereocenters. The van der Waals surface area contributed by atoms with E-state index in [0.717, 1.165) is 10.5 Å². The summed E-state index contributed by atoms with van der Waals surface area (Å²) in [4.78, 5) is 40.5. The summed E-state index contributed by atoms with van der Waals surface area (Å²) in [6, 6.07) is 11.2. The second-order valence-corrected chi connectivity index (χ2v) is 6.82. The minimum absolute atomic E-state index is 0.0605. The fraction of sp³-hybridized carbons (Fsp3) is 0.286. The summed E-state index contributed by atoms with van der Waals surface area (Å²) in [5.41, 5.74) is 1.24. The van der Waals surface area contributed by atoms with Crippen molar-refractivity contribution in [1.82, 2.24) is 4.90 Å². The molecule has 29 heavy (non-hydrogen) atoms. The van der Waals surface area contributed by atoms with E-state index in [1.165, 1.54) is 18.9 Å². The Morgan fingerprint density at radius 3 is 2.55 bits per heavy atom. The number of carbonyl (C=O) groups excluding carboxylic acids is 3. The van der Waals surface area contributed by atoms with E-state index >= 15 is 0 Å². The summed E-state index contributed by atoms with van der Waals surface area (Å²) in [6.07, 6.45) is -0.0605. The van der Waals surface area contributed by atoms with Crippen LogP contribution in [-0.4, -0.2) is 42.6 Å². The van der Waals surface area contributed by atoms with E-state index in [2.05, 4.69) is 0 Å². The Balaban J connectivity index is 1.56. The third-order valence-corrected chi connectivity index (χ3v) is 5.02. The van der Waals surface area contributed by atoms with Gasteiger partial charge in [-0.2, -0.15) is 0 Å². The Morgan fingerprint density at radius 2 is 1.86 bits per heavy atom. The van der Waals surface area contributed by atoms with Crippen LogP contribution in [0.4, 0.5) is 5.69 Å². The molecule has 0 radical (unpaired) electrons. The average Bonchev–Trinajstić information content (AvgIpc) is 3.29. The predicted molar refractivity (Wildman–Crippen MR) is 103 cm³/mol. The molecule has 2 aromatic carbocycles. The van der Waals surface area contributed by atoms with Crippen molar-refractivity contribution < 1.29 is 28.6 Å². The summed E-state index contributed by atoms with van der Waals surface area (Å²) >= 11 is 0. The number of methoxy groups -OCH3 is 1. The van der Waals surface area contributed by atoms with Crippen molar-refractivity contribution in [3.63, 3.8) is 0 Å². The number of anilines is 1. The zero-order chi connectivity index (χ0) is 20.5. The molecule has 3 amide bonds. The van der Waals surface area contributed by atoms with Crippen LogP contribution >= 0.6 is 0 Å². The number of rotatable bonds is 5. The Morgan fingerprint density at radius 1 is 1.14 bits per heavy atom. The SMILES string of the molecule is COc1ccc(N2C(=O)C[C@H](N(Cc3ccc4c(c3)OCO4)C(C)=O)C2=O)cc1. The average molecular weight is 396 g/mol. The molecule has 8 heteroatoms. The van der Waals surface area contributed by atoms with Crippen LogP contribution in [0.5, 0.6) is 17.2 Å². The zero-order valence-electron chi connectivity index (χ0n) is 16.1. The monoisotopic (exact) mass is 396 g/mol. The fourth-order valence-electron chi connectivity index (χ4n) is 3.54. The molecule has 2 heterocycles. The van der Waals surface area contributed by atoms with Crippen molar-refractivity contribution in [1.29, 1.82) is 0 Å². The molecule has 8 nitrogen and oxygen atoms in total. The van der Waals surface area contributed by atoms with Crippen molar-refractivity contribution in [3.8, 4) is 17.2 Å². The van der Waals surface area contributed by atoms with Gasteiger partial charge in [0.05, 0.1) is 19.2 Å². The van der Waals surface area contributed by atoms with Gasteiger partial charge in [0, 0.05) is 13.5 Å². The normalized spacial score (nSPS) is 17.6. The van der Waals surface area contributed by atoms with Gasteiger partial charge >= 0.3 is 0 Å². The maximum absolute atomic E-state index is 13.0. The molecule has 150 valence electrons. The lowest BCUT2D eigenvalue weighted by Gasteiger charge is -2.26. The van der Waals surface area contributed by atoms with Crippen LogP contribution in [0.15, 0.2) is 42.5 Å². The molecule has 4 rings (SSSR count). The highest BCUT2D eigenvalue weighted by Crippen LogP contribution is 2.34. The van der Waals surface area contributed by atoms with Crippen LogP contribution in [0.25, 0.3) is 0 Å². The first-order valence-electron chi connectivity index (χ1n) is 9.14. The molecule has 0 aliphatic carbocycles. The number of hydrogen-bond donors (Lipinski definition) is 0. The van der Waals surface area contributed by atoms with Crippen molar-refractivity contribution in [2.24, 2.45) is 0 Å². The summed E-state index contributed by atoms with van der Waals surface area (Å²) in [5.74, 6) is 0.807. The first-order chi connectivity index (χ1) is 14.0. The third-order valence-electron chi connectivity index (χ3n) is 5.02. The van der Waals surface area contributed by atoms with E-state index in [4.69, 9.17) is 14.2 Å². The maximum Gasteiger partial charge on any atom is 0.257 e. The highest BCUT2D eigenvalue weighted by Gasteiger charge is 2.43. The number of imide groups is 1. The molecule has 0 unspecified atom stereocenters. The lowest BCUT2D eigenvalue weighted by molar-refractivity contribution is -0.137. The lowest BCUT2D eigenvalue weighted by Crippen LogP contribution is -2.44. The van der Waals surface area contributed by atoms with Crippen LogP contribution < -0.4 is 19.1 Å². The van der Waals surface area contributed by atoms with Crippen LogP contribution in [-0.2, 0) is 20.9 Å². The summed E-state index contributed by atoms with van der Waals surface area (Å²) < 4.78 is 15.8. The first-order valence-corrected chi connectivity index (χ1v) is 9.14.